The molecule has 5 heteroatoms. The lowest BCUT2D eigenvalue weighted by molar-refractivity contribution is -0.0228. The quantitative estimate of drug-likeness (QED) is 0.817. The first-order valence-corrected chi connectivity index (χ1v) is 8.36. The number of carbonyl (C=O) groups excluding carboxylic acids is 1. The Morgan fingerprint density at radius 1 is 1.30 bits per heavy atom. The second kappa shape index (κ2) is 6.72. The number of carbonyl (C=O) groups is 1. The predicted molar refractivity (Wildman–Crippen MR) is 94.3 cm³/mol. The Morgan fingerprint density at radius 2 is 2.13 bits per heavy atom. The van der Waals surface area contributed by atoms with Crippen molar-refractivity contribution in [3.63, 3.8) is 0 Å². The number of halogens is 1. The van der Waals surface area contributed by atoms with Crippen LogP contribution in [0.5, 0.6) is 0 Å². The lowest BCUT2D eigenvalue weighted by Gasteiger charge is -2.33. The Labute approximate surface area is 144 Å². The summed E-state index contributed by atoms with van der Waals surface area (Å²) in [5.41, 5.74) is 9.11. The Hall–Kier alpha value is -1.85. The minimum atomic E-state index is -0.105. The van der Waals surface area contributed by atoms with E-state index in [2.05, 4.69) is 15.9 Å². The Bertz CT molecular complexity index is 733. The molecule has 0 spiro atoms. The van der Waals surface area contributed by atoms with Gasteiger partial charge in [0.15, 0.2) is 0 Å². The molecule has 0 bridgehead atoms. The molecule has 1 fully saturated rings. The van der Waals surface area contributed by atoms with E-state index in [0.717, 1.165) is 15.6 Å². The van der Waals surface area contributed by atoms with Crippen molar-refractivity contribution < 1.29 is 9.53 Å². The maximum atomic E-state index is 12.8. The molecule has 120 valence electrons. The Kier molecular flexibility index (Phi) is 4.68. The number of ether oxygens (including phenoxy) is 1. The molecule has 23 heavy (non-hydrogen) atoms. The van der Waals surface area contributed by atoms with Gasteiger partial charge in [-0.15, -0.1) is 0 Å². The molecule has 1 amide bonds. The first kappa shape index (κ1) is 16.0. The summed E-state index contributed by atoms with van der Waals surface area (Å²) in [7, 11) is 0. The third-order valence-electron chi connectivity index (χ3n) is 4.07. The highest BCUT2D eigenvalue weighted by Gasteiger charge is 2.27. The molecule has 3 rings (SSSR count). The van der Waals surface area contributed by atoms with Gasteiger partial charge in [-0.05, 0) is 42.3 Å². The van der Waals surface area contributed by atoms with Gasteiger partial charge >= 0.3 is 0 Å². The zero-order valence-electron chi connectivity index (χ0n) is 13.0. The molecule has 2 aromatic carbocycles. The number of anilines is 1. The van der Waals surface area contributed by atoms with Gasteiger partial charge in [0.25, 0.3) is 5.91 Å². The minimum absolute atomic E-state index is 0.0121. The smallest absolute Gasteiger partial charge is 0.254 e. The molecule has 1 aliphatic heterocycles. The van der Waals surface area contributed by atoms with Gasteiger partial charge in [0.1, 0.15) is 6.10 Å². The number of benzene rings is 2. The molecular weight excluding hydrogens is 356 g/mol. The number of nitrogen functional groups attached to an aromatic ring is 1. The summed E-state index contributed by atoms with van der Waals surface area (Å²) in [5.74, 6) is 0.0121. The number of rotatable bonds is 2. The average molecular weight is 375 g/mol. The molecule has 1 heterocycles. The Balaban J connectivity index is 1.80. The van der Waals surface area contributed by atoms with Crippen molar-refractivity contribution in [2.45, 2.75) is 13.0 Å². The fourth-order valence-electron chi connectivity index (χ4n) is 2.78. The molecule has 0 aliphatic carbocycles. The van der Waals surface area contributed by atoms with E-state index in [1.807, 2.05) is 48.2 Å². The van der Waals surface area contributed by atoms with Gasteiger partial charge in [-0.25, -0.2) is 0 Å². The highest BCUT2D eigenvalue weighted by molar-refractivity contribution is 9.10. The molecule has 0 aromatic heterocycles. The van der Waals surface area contributed by atoms with Gasteiger partial charge in [0, 0.05) is 22.3 Å². The zero-order chi connectivity index (χ0) is 16.4. The van der Waals surface area contributed by atoms with Crippen LogP contribution >= 0.6 is 15.9 Å². The largest absolute Gasteiger partial charge is 0.399 e. The zero-order valence-corrected chi connectivity index (χ0v) is 14.5. The third-order valence-corrected chi connectivity index (χ3v) is 4.56. The van der Waals surface area contributed by atoms with Crippen LogP contribution in [0.15, 0.2) is 46.9 Å². The highest BCUT2D eigenvalue weighted by atomic mass is 79.9. The molecule has 0 saturated carbocycles. The van der Waals surface area contributed by atoms with E-state index in [-0.39, 0.29) is 12.0 Å². The molecule has 4 nitrogen and oxygen atoms in total. The lowest BCUT2D eigenvalue weighted by Crippen LogP contribution is -2.42. The molecule has 1 saturated heterocycles. The first-order valence-electron chi connectivity index (χ1n) is 7.57. The van der Waals surface area contributed by atoms with Crippen molar-refractivity contribution in [1.29, 1.82) is 0 Å². The highest BCUT2D eigenvalue weighted by Crippen LogP contribution is 2.26. The maximum absolute atomic E-state index is 12.8. The average Bonchev–Trinajstić information content (AvgIpc) is 2.56. The number of morpholine rings is 1. The van der Waals surface area contributed by atoms with Crippen molar-refractivity contribution in [3.05, 3.63) is 63.6 Å². The Morgan fingerprint density at radius 3 is 2.91 bits per heavy atom. The van der Waals surface area contributed by atoms with E-state index < -0.39 is 0 Å². The van der Waals surface area contributed by atoms with E-state index in [4.69, 9.17) is 10.5 Å². The summed E-state index contributed by atoms with van der Waals surface area (Å²) in [5, 5.41) is 0. The molecule has 0 radical (unpaired) electrons. The first-order chi connectivity index (χ1) is 11.0. The molecule has 1 aliphatic rings. The second-order valence-corrected chi connectivity index (χ2v) is 6.66. The van der Waals surface area contributed by atoms with E-state index >= 15 is 0 Å². The topological polar surface area (TPSA) is 55.6 Å². The van der Waals surface area contributed by atoms with Crippen molar-refractivity contribution in [1.82, 2.24) is 4.90 Å². The molecule has 1 unspecified atom stereocenters. The standard InChI is InChI=1S/C18H19BrN2O2/c1-12-5-6-15(20)10-16(12)18(22)21-7-8-23-17(11-21)13-3-2-4-14(19)9-13/h2-6,9-10,17H,7-8,11,20H2,1H3. The van der Waals surface area contributed by atoms with Gasteiger partial charge in [0.05, 0.1) is 13.2 Å². The SMILES string of the molecule is Cc1ccc(N)cc1C(=O)N1CCOC(c2cccc(Br)c2)C1. The monoisotopic (exact) mass is 374 g/mol. The number of nitrogens with two attached hydrogens (primary N) is 1. The number of hydrogen-bond donors (Lipinski definition) is 1. The number of amides is 1. The number of hydrogen-bond acceptors (Lipinski definition) is 3. The van der Waals surface area contributed by atoms with Crippen molar-refractivity contribution >= 4 is 27.5 Å². The van der Waals surface area contributed by atoms with E-state index in [9.17, 15) is 4.79 Å². The normalized spacial score (nSPS) is 18.0. The summed E-state index contributed by atoms with van der Waals surface area (Å²) in [6.45, 7) is 3.60. The summed E-state index contributed by atoms with van der Waals surface area (Å²) in [6.07, 6.45) is -0.105. The molecular formula is C18H19BrN2O2. The third kappa shape index (κ3) is 3.57. The van der Waals surface area contributed by atoms with E-state index in [0.29, 0.717) is 30.9 Å². The van der Waals surface area contributed by atoms with Crippen LogP contribution < -0.4 is 5.73 Å². The van der Waals surface area contributed by atoms with Gasteiger partial charge in [0.2, 0.25) is 0 Å². The van der Waals surface area contributed by atoms with Crippen molar-refractivity contribution in [2.75, 3.05) is 25.4 Å². The van der Waals surface area contributed by atoms with Gasteiger partial charge in [-0.1, -0.05) is 34.1 Å². The van der Waals surface area contributed by atoms with Crippen LogP contribution in [0.1, 0.15) is 27.6 Å². The van der Waals surface area contributed by atoms with Crippen LogP contribution in [0.3, 0.4) is 0 Å². The predicted octanol–water partition coefficient (Wildman–Crippen LogP) is 3.55. The summed E-state index contributed by atoms with van der Waals surface area (Å²) in [6, 6.07) is 13.5. The van der Waals surface area contributed by atoms with Gasteiger partial charge in [-0.3, -0.25) is 4.79 Å². The van der Waals surface area contributed by atoms with E-state index in [1.54, 1.807) is 6.07 Å². The van der Waals surface area contributed by atoms with Crippen LogP contribution in [0.4, 0.5) is 5.69 Å². The van der Waals surface area contributed by atoms with Crippen LogP contribution in [-0.4, -0.2) is 30.5 Å². The van der Waals surface area contributed by atoms with Crippen LogP contribution in [-0.2, 0) is 4.74 Å². The van der Waals surface area contributed by atoms with Crippen LogP contribution in [0, 0.1) is 6.92 Å². The van der Waals surface area contributed by atoms with Crippen molar-refractivity contribution in [3.8, 4) is 0 Å². The van der Waals surface area contributed by atoms with E-state index in [1.165, 1.54) is 0 Å². The minimum Gasteiger partial charge on any atom is -0.399 e. The maximum Gasteiger partial charge on any atom is 0.254 e. The number of aryl methyl sites for hydroxylation is 1. The van der Waals surface area contributed by atoms with Gasteiger partial charge in [-0.2, -0.15) is 0 Å². The van der Waals surface area contributed by atoms with Crippen LogP contribution in [0.25, 0.3) is 0 Å². The van der Waals surface area contributed by atoms with Crippen molar-refractivity contribution in [2.24, 2.45) is 0 Å². The summed E-state index contributed by atoms with van der Waals surface area (Å²) < 4.78 is 6.86. The number of nitrogens with zero attached hydrogens (tertiary/aromatic N) is 1. The van der Waals surface area contributed by atoms with Crippen LogP contribution in [0.2, 0.25) is 0 Å². The summed E-state index contributed by atoms with van der Waals surface area (Å²) >= 11 is 3.48. The molecule has 2 aromatic rings. The molecule has 2 N–H and O–H groups in total. The summed E-state index contributed by atoms with van der Waals surface area (Å²) in [4.78, 5) is 14.7. The van der Waals surface area contributed by atoms with Gasteiger partial charge < -0.3 is 15.4 Å². The fourth-order valence-corrected chi connectivity index (χ4v) is 3.20. The fraction of sp³-hybridized carbons (Fsp3) is 0.278. The second-order valence-electron chi connectivity index (χ2n) is 5.74. The molecule has 1 atom stereocenters. The lowest BCUT2D eigenvalue weighted by atomic mass is 10.0.